The van der Waals surface area contributed by atoms with Gasteiger partial charge in [-0.1, -0.05) is 33.8 Å². The lowest BCUT2D eigenvalue weighted by Crippen LogP contribution is -2.07. The molecule has 8 nitrogen and oxygen atoms in total. The molecule has 0 aromatic heterocycles. The van der Waals surface area contributed by atoms with Gasteiger partial charge in [0.1, 0.15) is 0 Å². The fourth-order valence-electron chi connectivity index (χ4n) is 2.61. The number of carboxylic acid groups (broad SMARTS) is 4. The van der Waals surface area contributed by atoms with E-state index in [-0.39, 0.29) is 34.1 Å². The van der Waals surface area contributed by atoms with Gasteiger partial charge >= 0.3 is 23.9 Å². The first-order valence-electron chi connectivity index (χ1n) is 9.07. The Kier molecular flexibility index (Phi) is 8.28. The molecule has 0 spiro atoms. The maximum Gasteiger partial charge on any atom is 0.335 e. The largest absolute Gasteiger partial charge is 0.478 e. The molecule has 4 N–H and O–H groups in total. The van der Waals surface area contributed by atoms with Crippen LogP contribution in [0.2, 0.25) is 0 Å². The van der Waals surface area contributed by atoms with E-state index in [1.54, 1.807) is 6.07 Å². The number of benzene rings is 2. The molecule has 0 fully saturated rings. The summed E-state index contributed by atoms with van der Waals surface area (Å²) in [6.45, 7) is 7.49. The fourth-order valence-corrected chi connectivity index (χ4v) is 2.61. The molecule has 0 amide bonds. The monoisotopic (exact) mass is 416 g/mol. The maximum absolute atomic E-state index is 10.9. The first-order valence-corrected chi connectivity index (χ1v) is 9.07. The van der Waals surface area contributed by atoms with Gasteiger partial charge in [-0.15, -0.1) is 0 Å². The fraction of sp³-hybridized carbons (Fsp3) is 0.273. The predicted molar refractivity (Wildman–Crippen MR) is 109 cm³/mol. The molecule has 0 atom stereocenters. The number of carboxylic acids is 4. The minimum Gasteiger partial charge on any atom is -0.478 e. The van der Waals surface area contributed by atoms with E-state index in [0.29, 0.717) is 11.1 Å². The van der Waals surface area contributed by atoms with Gasteiger partial charge in [-0.2, -0.15) is 0 Å². The quantitative estimate of drug-likeness (QED) is 0.541. The summed E-state index contributed by atoms with van der Waals surface area (Å²) in [5.41, 5.74) is 1.44. The first-order chi connectivity index (χ1) is 13.8. The number of aromatic carboxylic acids is 4. The lowest BCUT2D eigenvalue weighted by molar-refractivity contribution is 0.0675. The summed E-state index contributed by atoms with van der Waals surface area (Å²) in [7, 11) is 0. The van der Waals surface area contributed by atoms with Crippen LogP contribution < -0.4 is 0 Å². The van der Waals surface area contributed by atoms with Crippen LogP contribution in [-0.4, -0.2) is 44.3 Å². The highest BCUT2D eigenvalue weighted by molar-refractivity contribution is 5.95. The second-order valence-corrected chi connectivity index (χ2v) is 7.18. The molecule has 0 bridgehead atoms. The van der Waals surface area contributed by atoms with Crippen molar-refractivity contribution in [3.8, 4) is 0 Å². The highest BCUT2D eigenvalue weighted by Gasteiger charge is 2.15. The third-order valence-electron chi connectivity index (χ3n) is 4.27. The van der Waals surface area contributed by atoms with Gasteiger partial charge in [0, 0.05) is 0 Å². The topological polar surface area (TPSA) is 149 Å². The molecular formula is C22H24O8. The minimum absolute atomic E-state index is 0.00296. The van der Waals surface area contributed by atoms with E-state index in [1.807, 2.05) is 27.7 Å². The molecule has 0 unspecified atom stereocenters. The molecule has 2 rings (SSSR count). The Hall–Kier alpha value is -3.68. The van der Waals surface area contributed by atoms with Gasteiger partial charge in [0.05, 0.1) is 22.3 Å². The number of hydrogen-bond donors (Lipinski definition) is 4. The minimum atomic E-state index is -1.12. The van der Waals surface area contributed by atoms with Crippen molar-refractivity contribution >= 4 is 23.9 Å². The van der Waals surface area contributed by atoms with Crippen molar-refractivity contribution in [3.05, 3.63) is 69.8 Å². The summed E-state index contributed by atoms with van der Waals surface area (Å²) in [4.78, 5) is 43.1. The Labute approximate surface area is 173 Å². The first kappa shape index (κ1) is 24.4. The Morgan fingerprint density at radius 2 is 1.07 bits per heavy atom. The van der Waals surface area contributed by atoms with E-state index in [1.165, 1.54) is 24.3 Å². The number of hydrogen-bond acceptors (Lipinski definition) is 4. The van der Waals surface area contributed by atoms with Gasteiger partial charge in [0.2, 0.25) is 0 Å². The Bertz CT molecular complexity index is 941. The standard InChI is InChI=1S/2C11H12O4/c1-6(2)7-3-8(10(12)13)5-9(4-7)11(14)15;1-6(2)8-4-3-7(10(12)13)5-9(8)11(14)15/h2*3-6H,1-2H3,(H,12,13)(H,14,15). The average molecular weight is 416 g/mol. The lowest BCUT2D eigenvalue weighted by Gasteiger charge is -2.09. The normalized spacial score (nSPS) is 10.3. The average Bonchev–Trinajstić information content (AvgIpc) is 2.67. The molecule has 0 radical (unpaired) electrons. The Morgan fingerprint density at radius 1 is 0.600 bits per heavy atom. The molecule has 160 valence electrons. The van der Waals surface area contributed by atoms with Crippen molar-refractivity contribution in [2.24, 2.45) is 0 Å². The number of carbonyl (C=O) groups is 4. The highest BCUT2D eigenvalue weighted by atomic mass is 16.4. The molecule has 0 aliphatic rings. The summed E-state index contributed by atoms with van der Waals surface area (Å²) >= 11 is 0. The van der Waals surface area contributed by atoms with E-state index in [0.717, 1.165) is 6.07 Å². The number of rotatable bonds is 6. The summed E-state index contributed by atoms with van der Waals surface area (Å²) in [6.07, 6.45) is 0. The molecule has 2 aromatic carbocycles. The molecule has 2 aromatic rings. The molecule has 8 heteroatoms. The zero-order valence-corrected chi connectivity index (χ0v) is 17.0. The zero-order valence-electron chi connectivity index (χ0n) is 17.0. The smallest absolute Gasteiger partial charge is 0.335 e. The van der Waals surface area contributed by atoms with E-state index < -0.39 is 23.9 Å². The van der Waals surface area contributed by atoms with Gasteiger partial charge in [-0.3, -0.25) is 0 Å². The molecule has 30 heavy (non-hydrogen) atoms. The Morgan fingerprint density at radius 3 is 1.40 bits per heavy atom. The molecule has 0 aliphatic carbocycles. The lowest BCUT2D eigenvalue weighted by atomic mass is 9.95. The van der Waals surface area contributed by atoms with Crippen LogP contribution in [0.25, 0.3) is 0 Å². The van der Waals surface area contributed by atoms with E-state index in [9.17, 15) is 19.2 Å². The van der Waals surface area contributed by atoms with Gasteiger partial charge in [0.25, 0.3) is 0 Å². The van der Waals surface area contributed by atoms with Crippen molar-refractivity contribution in [2.75, 3.05) is 0 Å². The maximum atomic E-state index is 10.9. The summed E-state index contributed by atoms with van der Waals surface area (Å²) in [5.74, 6) is -4.28. The summed E-state index contributed by atoms with van der Waals surface area (Å²) in [5, 5.41) is 35.3. The third-order valence-corrected chi connectivity index (χ3v) is 4.27. The van der Waals surface area contributed by atoms with Crippen LogP contribution >= 0.6 is 0 Å². The van der Waals surface area contributed by atoms with Crippen molar-refractivity contribution < 1.29 is 39.6 Å². The predicted octanol–water partition coefficient (Wildman–Crippen LogP) is 4.41. The van der Waals surface area contributed by atoms with Gasteiger partial charge in [-0.05, 0) is 53.3 Å². The van der Waals surface area contributed by atoms with Crippen molar-refractivity contribution in [2.45, 2.75) is 39.5 Å². The third kappa shape index (κ3) is 6.44. The van der Waals surface area contributed by atoms with Crippen molar-refractivity contribution in [3.63, 3.8) is 0 Å². The van der Waals surface area contributed by atoms with Gasteiger partial charge < -0.3 is 20.4 Å². The van der Waals surface area contributed by atoms with Crippen LogP contribution in [0.3, 0.4) is 0 Å². The van der Waals surface area contributed by atoms with E-state index in [2.05, 4.69) is 0 Å². The van der Waals surface area contributed by atoms with Crippen LogP contribution in [-0.2, 0) is 0 Å². The second kappa shape index (κ2) is 10.2. The molecule has 0 saturated heterocycles. The molecule has 0 aliphatic heterocycles. The van der Waals surface area contributed by atoms with E-state index in [4.69, 9.17) is 20.4 Å². The van der Waals surface area contributed by atoms with Crippen LogP contribution in [0.4, 0.5) is 0 Å². The van der Waals surface area contributed by atoms with E-state index >= 15 is 0 Å². The second-order valence-electron chi connectivity index (χ2n) is 7.18. The Balaban J connectivity index is 0.000000300. The molecule has 0 saturated carbocycles. The molecular weight excluding hydrogens is 392 g/mol. The van der Waals surface area contributed by atoms with Crippen molar-refractivity contribution in [1.82, 2.24) is 0 Å². The van der Waals surface area contributed by atoms with Crippen molar-refractivity contribution in [1.29, 1.82) is 0 Å². The highest BCUT2D eigenvalue weighted by Crippen LogP contribution is 2.21. The summed E-state index contributed by atoms with van der Waals surface area (Å²) < 4.78 is 0. The molecule has 0 heterocycles. The van der Waals surface area contributed by atoms with Crippen LogP contribution in [0.1, 0.15) is 92.1 Å². The van der Waals surface area contributed by atoms with Crippen LogP contribution in [0.5, 0.6) is 0 Å². The van der Waals surface area contributed by atoms with Crippen LogP contribution in [0, 0.1) is 0 Å². The summed E-state index contributed by atoms with van der Waals surface area (Å²) in [6, 6.07) is 8.33. The zero-order chi connectivity index (χ0) is 23.2. The SMILES string of the molecule is CC(C)c1cc(C(=O)O)cc(C(=O)O)c1.CC(C)c1ccc(C(=O)O)cc1C(=O)O. The van der Waals surface area contributed by atoms with Gasteiger partial charge in [0.15, 0.2) is 0 Å². The van der Waals surface area contributed by atoms with Gasteiger partial charge in [-0.25, -0.2) is 19.2 Å². The van der Waals surface area contributed by atoms with Crippen LogP contribution in [0.15, 0.2) is 36.4 Å².